The zero-order valence-corrected chi connectivity index (χ0v) is 16.9. The molecule has 3 heterocycles. The maximum Gasteiger partial charge on any atom is 0.191 e. The Bertz CT molecular complexity index is 578. The second-order valence-corrected chi connectivity index (χ2v) is 8.54. The predicted molar refractivity (Wildman–Crippen MR) is 110 cm³/mol. The van der Waals surface area contributed by atoms with Crippen molar-refractivity contribution in [1.29, 1.82) is 0 Å². The molecule has 1 aromatic heterocycles. The minimum atomic E-state index is 0.245. The fraction of sp³-hybridized carbons (Fsp3) is 0.684. The van der Waals surface area contributed by atoms with Crippen molar-refractivity contribution in [2.75, 3.05) is 37.3 Å². The summed E-state index contributed by atoms with van der Waals surface area (Å²) in [5, 5.41) is 7.52. The van der Waals surface area contributed by atoms with Crippen molar-refractivity contribution < 1.29 is 4.74 Å². The van der Waals surface area contributed by atoms with E-state index in [9.17, 15) is 0 Å². The average Bonchev–Trinajstić information content (AvgIpc) is 3.15. The first kappa shape index (κ1) is 19.3. The summed E-state index contributed by atoms with van der Waals surface area (Å²) in [4.78, 5) is 11.3. The van der Waals surface area contributed by atoms with Gasteiger partial charge in [-0.05, 0) is 44.1 Å². The van der Waals surface area contributed by atoms with E-state index in [1.165, 1.54) is 18.6 Å². The largest absolute Gasteiger partial charge is 0.372 e. The number of hydrogen-bond donors (Lipinski definition) is 2. The normalized spacial score (nSPS) is 26.8. The first-order valence-corrected chi connectivity index (χ1v) is 10.6. The Kier molecular flexibility index (Phi) is 7.02. The standard InChI is InChI=1S/C19H31N5OS/c1-14-12-24(13-15(2)25-14)18-7-6-16(9-21-18)10-22-19(20-3)23-11-17-5-4-8-26-17/h6-7,9,14-15,17H,4-5,8,10-13H2,1-3H3,(H2,20,22,23). The number of hydrogen-bond acceptors (Lipinski definition) is 5. The molecule has 0 saturated carbocycles. The molecule has 0 radical (unpaired) electrons. The lowest BCUT2D eigenvalue weighted by Gasteiger charge is -2.36. The Labute approximate surface area is 161 Å². The Hall–Kier alpha value is -1.47. The maximum absolute atomic E-state index is 5.80. The molecule has 2 aliphatic rings. The van der Waals surface area contributed by atoms with Crippen molar-refractivity contribution in [3.8, 4) is 0 Å². The molecule has 6 nitrogen and oxygen atoms in total. The highest BCUT2D eigenvalue weighted by Gasteiger charge is 2.23. The second-order valence-electron chi connectivity index (χ2n) is 7.13. The van der Waals surface area contributed by atoms with Crippen LogP contribution in [-0.2, 0) is 11.3 Å². The number of thioether (sulfide) groups is 1. The van der Waals surface area contributed by atoms with Crippen LogP contribution in [0.15, 0.2) is 23.3 Å². The lowest BCUT2D eigenvalue weighted by molar-refractivity contribution is -0.00545. The van der Waals surface area contributed by atoms with E-state index >= 15 is 0 Å². The molecule has 2 fully saturated rings. The number of guanidine groups is 1. The molecule has 1 aromatic rings. The molecule has 7 heteroatoms. The van der Waals surface area contributed by atoms with Crippen molar-refractivity contribution in [2.24, 2.45) is 4.99 Å². The third-order valence-electron chi connectivity index (χ3n) is 4.76. The Morgan fingerprint density at radius 1 is 1.31 bits per heavy atom. The van der Waals surface area contributed by atoms with Crippen LogP contribution in [0.5, 0.6) is 0 Å². The van der Waals surface area contributed by atoms with Crippen molar-refractivity contribution in [2.45, 2.75) is 50.7 Å². The average molecular weight is 378 g/mol. The predicted octanol–water partition coefficient (Wildman–Crippen LogP) is 2.26. The molecule has 3 rings (SSSR count). The van der Waals surface area contributed by atoms with Gasteiger partial charge in [0.05, 0.1) is 12.2 Å². The van der Waals surface area contributed by atoms with Crippen LogP contribution in [0, 0.1) is 0 Å². The minimum absolute atomic E-state index is 0.245. The summed E-state index contributed by atoms with van der Waals surface area (Å²) >= 11 is 2.06. The third kappa shape index (κ3) is 5.51. The summed E-state index contributed by atoms with van der Waals surface area (Å²) in [5.74, 6) is 3.17. The van der Waals surface area contributed by atoms with Gasteiger partial charge in [0.15, 0.2) is 5.96 Å². The van der Waals surface area contributed by atoms with E-state index in [0.29, 0.717) is 5.25 Å². The van der Waals surface area contributed by atoms with Gasteiger partial charge in [0, 0.05) is 44.7 Å². The summed E-state index contributed by atoms with van der Waals surface area (Å²) in [6, 6.07) is 4.24. The van der Waals surface area contributed by atoms with Gasteiger partial charge >= 0.3 is 0 Å². The molecule has 0 spiro atoms. The minimum Gasteiger partial charge on any atom is -0.372 e. The Morgan fingerprint density at radius 3 is 2.73 bits per heavy atom. The van der Waals surface area contributed by atoms with E-state index in [1.807, 2.05) is 13.2 Å². The summed E-state index contributed by atoms with van der Waals surface area (Å²) in [7, 11) is 1.82. The van der Waals surface area contributed by atoms with Crippen LogP contribution in [0.25, 0.3) is 0 Å². The smallest absolute Gasteiger partial charge is 0.191 e. The van der Waals surface area contributed by atoms with Gasteiger partial charge in [0.2, 0.25) is 0 Å². The van der Waals surface area contributed by atoms with Crippen LogP contribution < -0.4 is 15.5 Å². The highest BCUT2D eigenvalue weighted by Crippen LogP contribution is 2.25. The van der Waals surface area contributed by atoms with Crippen LogP contribution in [0.1, 0.15) is 32.3 Å². The molecule has 0 amide bonds. The molecule has 0 bridgehead atoms. The number of rotatable bonds is 5. The van der Waals surface area contributed by atoms with E-state index in [4.69, 9.17) is 4.74 Å². The van der Waals surface area contributed by atoms with Gasteiger partial charge in [-0.15, -0.1) is 0 Å². The van der Waals surface area contributed by atoms with Gasteiger partial charge in [0.25, 0.3) is 0 Å². The van der Waals surface area contributed by atoms with Gasteiger partial charge in [0.1, 0.15) is 5.82 Å². The van der Waals surface area contributed by atoms with Crippen molar-refractivity contribution in [3.63, 3.8) is 0 Å². The molecule has 3 unspecified atom stereocenters. The van der Waals surface area contributed by atoms with Crippen LogP contribution in [0.2, 0.25) is 0 Å². The van der Waals surface area contributed by atoms with E-state index < -0.39 is 0 Å². The van der Waals surface area contributed by atoms with Gasteiger partial charge in [-0.2, -0.15) is 11.8 Å². The highest BCUT2D eigenvalue weighted by atomic mass is 32.2. The monoisotopic (exact) mass is 377 g/mol. The molecule has 0 aromatic carbocycles. The van der Waals surface area contributed by atoms with Crippen LogP contribution in [-0.4, -0.2) is 60.8 Å². The van der Waals surface area contributed by atoms with Gasteiger partial charge in [-0.1, -0.05) is 6.07 Å². The quantitative estimate of drug-likeness (QED) is 0.606. The third-order valence-corrected chi connectivity index (χ3v) is 6.16. The zero-order chi connectivity index (χ0) is 18.4. The van der Waals surface area contributed by atoms with Crippen LogP contribution >= 0.6 is 11.8 Å². The van der Waals surface area contributed by atoms with E-state index in [-0.39, 0.29) is 12.2 Å². The van der Waals surface area contributed by atoms with Crippen LogP contribution in [0.4, 0.5) is 5.82 Å². The molecule has 26 heavy (non-hydrogen) atoms. The van der Waals surface area contributed by atoms with Gasteiger partial charge in [-0.3, -0.25) is 4.99 Å². The van der Waals surface area contributed by atoms with Crippen molar-refractivity contribution in [3.05, 3.63) is 23.9 Å². The first-order chi connectivity index (χ1) is 12.6. The van der Waals surface area contributed by atoms with Crippen molar-refractivity contribution in [1.82, 2.24) is 15.6 Å². The van der Waals surface area contributed by atoms with E-state index in [1.54, 1.807) is 0 Å². The molecule has 2 saturated heterocycles. The number of ether oxygens (including phenoxy) is 1. The summed E-state index contributed by atoms with van der Waals surface area (Å²) < 4.78 is 5.80. The molecule has 2 aliphatic heterocycles. The van der Waals surface area contributed by atoms with Gasteiger partial charge < -0.3 is 20.3 Å². The summed E-state index contributed by atoms with van der Waals surface area (Å²) in [6.45, 7) is 7.72. The fourth-order valence-corrected chi connectivity index (χ4v) is 4.70. The lowest BCUT2D eigenvalue weighted by Crippen LogP contribution is -2.45. The Morgan fingerprint density at radius 2 is 2.12 bits per heavy atom. The zero-order valence-electron chi connectivity index (χ0n) is 16.1. The number of nitrogens with zero attached hydrogens (tertiary/aromatic N) is 3. The number of pyridine rings is 1. The number of morpholine rings is 1. The summed E-state index contributed by atoms with van der Waals surface area (Å²) in [5.41, 5.74) is 1.15. The topological polar surface area (TPSA) is 61.8 Å². The second kappa shape index (κ2) is 9.46. The van der Waals surface area contributed by atoms with Crippen LogP contribution in [0.3, 0.4) is 0 Å². The molecule has 2 N–H and O–H groups in total. The number of anilines is 1. The van der Waals surface area contributed by atoms with E-state index in [2.05, 4.69) is 63.3 Å². The SMILES string of the molecule is CN=C(NCc1ccc(N2CC(C)OC(C)C2)nc1)NCC1CCCS1. The highest BCUT2D eigenvalue weighted by molar-refractivity contribution is 8.00. The first-order valence-electron chi connectivity index (χ1n) is 9.55. The molecule has 144 valence electrons. The Balaban J connectivity index is 1.47. The summed E-state index contributed by atoms with van der Waals surface area (Å²) in [6.07, 6.45) is 5.08. The van der Waals surface area contributed by atoms with E-state index in [0.717, 1.165) is 43.5 Å². The molecule has 0 aliphatic carbocycles. The van der Waals surface area contributed by atoms with Crippen molar-refractivity contribution >= 4 is 23.5 Å². The molecular formula is C19H31N5OS. The molecule has 3 atom stereocenters. The number of aromatic nitrogens is 1. The molecular weight excluding hydrogens is 346 g/mol. The maximum atomic E-state index is 5.80. The lowest BCUT2D eigenvalue weighted by atomic mass is 10.2. The number of nitrogens with one attached hydrogen (secondary N) is 2. The number of aliphatic imine (C=N–C) groups is 1. The fourth-order valence-electron chi connectivity index (χ4n) is 3.50. The van der Waals surface area contributed by atoms with Gasteiger partial charge in [-0.25, -0.2) is 4.98 Å².